The number of hydrogen-bond acceptors (Lipinski definition) is 3. The minimum Gasteiger partial charge on any atom is -0.380 e. The van der Waals surface area contributed by atoms with Crippen LogP contribution in [-0.4, -0.2) is 10.1 Å². The maximum Gasteiger partial charge on any atom is 0.443 e. The lowest BCUT2D eigenvalue weighted by molar-refractivity contribution is -0.137. The van der Waals surface area contributed by atoms with Gasteiger partial charge in [-0.05, 0) is 13.0 Å². The molecular weight excluding hydrogens is 282 g/mol. The average Bonchev–Trinajstić information content (AvgIpc) is 2.78. The highest BCUT2D eigenvalue weighted by atomic mass is 32.1. The fourth-order valence-electron chi connectivity index (χ4n) is 1.62. The second-order valence-electron chi connectivity index (χ2n) is 4.08. The summed E-state index contributed by atoms with van der Waals surface area (Å²) < 4.78 is 51.0. The molecule has 7 heteroatoms. The van der Waals surface area contributed by atoms with Crippen molar-refractivity contribution in [3.63, 3.8) is 0 Å². The molecule has 2 rings (SSSR count). The summed E-state index contributed by atoms with van der Waals surface area (Å²) in [7, 11) is 0. The van der Waals surface area contributed by atoms with Crippen LogP contribution < -0.4 is 0 Å². The van der Waals surface area contributed by atoms with Gasteiger partial charge in [0.15, 0.2) is 5.01 Å². The fraction of sp³-hybridized carbons (Fsp3) is 0.250. The van der Waals surface area contributed by atoms with Crippen LogP contribution in [-0.2, 0) is 11.8 Å². The third kappa shape index (κ3) is 2.62. The van der Waals surface area contributed by atoms with Gasteiger partial charge in [-0.15, -0.1) is 11.3 Å². The quantitative estimate of drug-likeness (QED) is 0.858. The van der Waals surface area contributed by atoms with E-state index in [1.807, 2.05) is 0 Å². The van der Waals surface area contributed by atoms with E-state index in [4.69, 9.17) is 0 Å². The molecule has 0 radical (unpaired) electrons. The molecule has 0 aliphatic carbocycles. The largest absolute Gasteiger partial charge is 0.443 e. The van der Waals surface area contributed by atoms with Gasteiger partial charge in [-0.1, -0.05) is 18.2 Å². The van der Waals surface area contributed by atoms with Gasteiger partial charge in [0.05, 0.1) is 4.88 Å². The Morgan fingerprint density at radius 2 is 1.84 bits per heavy atom. The average molecular weight is 291 g/mol. The zero-order valence-electron chi connectivity index (χ0n) is 9.70. The van der Waals surface area contributed by atoms with E-state index in [0.29, 0.717) is 11.3 Å². The lowest BCUT2D eigenvalue weighted by atomic mass is 9.94. The van der Waals surface area contributed by atoms with Gasteiger partial charge in [0.2, 0.25) is 0 Å². The van der Waals surface area contributed by atoms with Gasteiger partial charge in [-0.3, -0.25) is 0 Å². The first-order valence-electron chi connectivity index (χ1n) is 5.24. The third-order valence-electron chi connectivity index (χ3n) is 2.63. The number of halogens is 4. The standard InChI is InChI=1S/C12H9F4NOS/c1-11(18,7-4-2-3-5-8(7)13)9-6-17-10(19-9)12(14,15)16/h2-6,18H,1H3. The summed E-state index contributed by atoms with van der Waals surface area (Å²) in [4.78, 5) is 3.16. The van der Waals surface area contributed by atoms with Crippen LogP contribution in [0.2, 0.25) is 0 Å². The van der Waals surface area contributed by atoms with Crippen LogP contribution in [0, 0.1) is 5.82 Å². The predicted molar refractivity (Wildman–Crippen MR) is 62.2 cm³/mol. The van der Waals surface area contributed by atoms with Gasteiger partial charge in [0.25, 0.3) is 0 Å². The molecule has 0 amide bonds. The number of benzene rings is 1. The van der Waals surface area contributed by atoms with Crippen LogP contribution in [0.25, 0.3) is 0 Å². The minimum absolute atomic E-state index is 0.0649. The fourth-order valence-corrected chi connectivity index (χ4v) is 2.46. The van der Waals surface area contributed by atoms with Crippen molar-refractivity contribution in [3.05, 3.63) is 51.7 Å². The number of rotatable bonds is 2. The smallest absolute Gasteiger partial charge is 0.380 e. The molecule has 0 aliphatic heterocycles. The van der Waals surface area contributed by atoms with Gasteiger partial charge < -0.3 is 5.11 Å². The van der Waals surface area contributed by atoms with Crippen LogP contribution in [0.3, 0.4) is 0 Å². The second-order valence-corrected chi connectivity index (χ2v) is 5.11. The van der Waals surface area contributed by atoms with Gasteiger partial charge in [-0.25, -0.2) is 9.37 Å². The van der Waals surface area contributed by atoms with Crippen molar-refractivity contribution < 1.29 is 22.7 Å². The molecule has 1 atom stereocenters. The molecule has 0 saturated carbocycles. The molecular formula is C12H9F4NOS. The summed E-state index contributed by atoms with van der Waals surface area (Å²) in [6.45, 7) is 1.24. The summed E-state index contributed by atoms with van der Waals surface area (Å²) in [6.07, 6.45) is -3.66. The molecule has 2 aromatic rings. The Labute approximate surface area is 110 Å². The lowest BCUT2D eigenvalue weighted by Crippen LogP contribution is -2.22. The first-order valence-corrected chi connectivity index (χ1v) is 6.05. The molecule has 1 aromatic heterocycles. The van der Waals surface area contributed by atoms with Crippen molar-refractivity contribution in [1.29, 1.82) is 0 Å². The monoisotopic (exact) mass is 291 g/mol. The van der Waals surface area contributed by atoms with E-state index in [-0.39, 0.29) is 10.4 Å². The Kier molecular flexibility index (Phi) is 3.36. The Morgan fingerprint density at radius 3 is 2.37 bits per heavy atom. The zero-order chi connectivity index (χ0) is 14.3. The van der Waals surface area contributed by atoms with Gasteiger partial charge >= 0.3 is 6.18 Å². The van der Waals surface area contributed by atoms with Crippen LogP contribution in [0.15, 0.2) is 30.5 Å². The second kappa shape index (κ2) is 4.57. The molecule has 0 spiro atoms. The molecule has 1 aromatic carbocycles. The Bertz CT molecular complexity index is 591. The van der Waals surface area contributed by atoms with Gasteiger partial charge in [0, 0.05) is 11.8 Å². The number of thiazole rings is 1. The van der Waals surface area contributed by atoms with E-state index in [1.165, 1.54) is 25.1 Å². The predicted octanol–water partition coefficient (Wildman–Crippen LogP) is 3.56. The first kappa shape index (κ1) is 14.0. The maximum atomic E-state index is 13.6. The molecule has 1 unspecified atom stereocenters. The van der Waals surface area contributed by atoms with Crippen molar-refractivity contribution in [2.75, 3.05) is 0 Å². The molecule has 0 aliphatic rings. The summed E-state index contributed by atoms with van der Waals surface area (Å²) in [5.74, 6) is -0.686. The zero-order valence-corrected chi connectivity index (χ0v) is 10.5. The Hall–Kier alpha value is -1.47. The molecule has 102 valence electrons. The van der Waals surface area contributed by atoms with E-state index in [2.05, 4.69) is 4.98 Å². The molecule has 2 nitrogen and oxygen atoms in total. The van der Waals surface area contributed by atoms with Crippen LogP contribution in [0.5, 0.6) is 0 Å². The molecule has 1 N–H and O–H groups in total. The molecule has 19 heavy (non-hydrogen) atoms. The highest BCUT2D eigenvalue weighted by Gasteiger charge is 2.38. The van der Waals surface area contributed by atoms with Gasteiger partial charge in [-0.2, -0.15) is 13.2 Å². The third-order valence-corrected chi connectivity index (χ3v) is 3.88. The molecule has 0 bridgehead atoms. The minimum atomic E-state index is -4.58. The summed E-state index contributed by atoms with van der Waals surface area (Å²) in [6, 6.07) is 5.39. The number of aromatic nitrogens is 1. The van der Waals surface area contributed by atoms with E-state index in [0.717, 1.165) is 12.3 Å². The SMILES string of the molecule is CC(O)(c1cnc(C(F)(F)F)s1)c1ccccc1F. The molecule has 1 heterocycles. The van der Waals surface area contributed by atoms with Crippen LogP contribution in [0.1, 0.15) is 22.4 Å². The van der Waals surface area contributed by atoms with Gasteiger partial charge in [0.1, 0.15) is 11.4 Å². The topological polar surface area (TPSA) is 33.1 Å². The molecule has 0 fully saturated rings. The Balaban J connectivity index is 2.46. The lowest BCUT2D eigenvalue weighted by Gasteiger charge is -2.22. The van der Waals surface area contributed by atoms with Crippen molar-refractivity contribution in [2.45, 2.75) is 18.7 Å². The Morgan fingerprint density at radius 1 is 1.21 bits per heavy atom. The highest BCUT2D eigenvalue weighted by molar-refractivity contribution is 7.11. The van der Waals surface area contributed by atoms with Crippen LogP contribution in [0.4, 0.5) is 17.6 Å². The number of alkyl halides is 3. The van der Waals surface area contributed by atoms with E-state index in [9.17, 15) is 22.7 Å². The van der Waals surface area contributed by atoms with E-state index < -0.39 is 22.6 Å². The van der Waals surface area contributed by atoms with E-state index in [1.54, 1.807) is 0 Å². The first-order chi connectivity index (χ1) is 8.73. The van der Waals surface area contributed by atoms with E-state index >= 15 is 0 Å². The van der Waals surface area contributed by atoms with Crippen molar-refractivity contribution in [2.24, 2.45) is 0 Å². The number of aliphatic hydroxyl groups is 1. The number of nitrogens with zero attached hydrogens (tertiary/aromatic N) is 1. The normalized spacial score (nSPS) is 15.3. The van der Waals surface area contributed by atoms with Crippen molar-refractivity contribution >= 4 is 11.3 Å². The van der Waals surface area contributed by atoms with Crippen LogP contribution >= 0.6 is 11.3 Å². The van der Waals surface area contributed by atoms with Crippen molar-refractivity contribution in [3.8, 4) is 0 Å². The maximum absolute atomic E-state index is 13.6. The highest BCUT2D eigenvalue weighted by Crippen LogP contribution is 2.39. The molecule has 0 saturated heterocycles. The van der Waals surface area contributed by atoms with Crippen molar-refractivity contribution in [1.82, 2.24) is 4.98 Å². The summed E-state index contributed by atoms with van der Waals surface area (Å²) in [5.41, 5.74) is -1.95. The number of hydrogen-bond donors (Lipinski definition) is 1. The summed E-state index contributed by atoms with van der Waals surface area (Å²) in [5, 5.41) is 9.21. The summed E-state index contributed by atoms with van der Waals surface area (Å²) >= 11 is 0.298.